The van der Waals surface area contributed by atoms with Crippen LogP contribution >= 0.6 is 0 Å². The van der Waals surface area contributed by atoms with Crippen LogP contribution in [0.2, 0.25) is 0 Å². The summed E-state index contributed by atoms with van der Waals surface area (Å²) in [5.74, 6) is 0.421. The molecule has 1 unspecified atom stereocenters. The summed E-state index contributed by atoms with van der Waals surface area (Å²) in [4.78, 5) is 11.5. The highest BCUT2D eigenvalue weighted by Crippen LogP contribution is 2.29. The molecule has 0 bridgehead atoms. The first-order valence-corrected chi connectivity index (χ1v) is 5.07. The molecule has 3 heteroatoms. The van der Waals surface area contributed by atoms with Crippen LogP contribution in [0.1, 0.15) is 33.1 Å². The fourth-order valence-corrected chi connectivity index (χ4v) is 2.04. The fraction of sp³-hybridized carbons (Fsp3) is 0.900. The number of carbonyl (C=O) groups excluding carboxylic acids is 1. The van der Waals surface area contributed by atoms with Crippen LogP contribution in [0.4, 0.5) is 0 Å². The van der Waals surface area contributed by atoms with Crippen molar-refractivity contribution < 1.29 is 9.53 Å². The number of carbonyl (C=O) groups is 1. The van der Waals surface area contributed by atoms with Gasteiger partial charge in [-0.2, -0.15) is 0 Å². The number of esters is 1. The summed E-state index contributed by atoms with van der Waals surface area (Å²) >= 11 is 0. The zero-order chi connectivity index (χ0) is 9.84. The number of hydrogen-bond donors (Lipinski definition) is 1. The number of hydrogen-bond acceptors (Lipinski definition) is 3. The Morgan fingerprint density at radius 2 is 2.23 bits per heavy atom. The molecule has 0 radical (unpaired) electrons. The van der Waals surface area contributed by atoms with Crippen LogP contribution in [0.15, 0.2) is 0 Å². The minimum absolute atomic E-state index is 0.0399. The van der Waals surface area contributed by atoms with E-state index in [0.717, 1.165) is 19.3 Å². The fourth-order valence-electron chi connectivity index (χ4n) is 2.04. The second kappa shape index (κ2) is 4.61. The molecule has 76 valence electrons. The van der Waals surface area contributed by atoms with E-state index >= 15 is 0 Å². The first-order chi connectivity index (χ1) is 6.15. The van der Waals surface area contributed by atoms with Crippen LogP contribution < -0.4 is 5.73 Å². The molecular formula is C10H19NO2. The zero-order valence-corrected chi connectivity index (χ0v) is 8.45. The van der Waals surface area contributed by atoms with Crippen LogP contribution in [0.5, 0.6) is 0 Å². The molecule has 0 aliphatic heterocycles. The zero-order valence-electron chi connectivity index (χ0n) is 8.45. The van der Waals surface area contributed by atoms with Gasteiger partial charge in [-0.25, -0.2) is 0 Å². The summed E-state index contributed by atoms with van der Waals surface area (Å²) in [6.45, 7) is 4.41. The second-order valence-corrected chi connectivity index (χ2v) is 3.91. The average molecular weight is 185 g/mol. The quantitative estimate of drug-likeness (QED) is 0.660. The van der Waals surface area contributed by atoms with Crippen LogP contribution in [0.3, 0.4) is 0 Å². The molecule has 0 heterocycles. The largest absolute Gasteiger partial charge is 0.466 e. The molecule has 1 rings (SSSR count). The van der Waals surface area contributed by atoms with Crippen molar-refractivity contribution in [3.63, 3.8) is 0 Å². The lowest BCUT2D eigenvalue weighted by atomic mass is 9.78. The van der Waals surface area contributed by atoms with E-state index in [1.807, 2.05) is 6.92 Å². The lowest BCUT2D eigenvalue weighted by Gasteiger charge is -2.30. The second-order valence-electron chi connectivity index (χ2n) is 3.91. The van der Waals surface area contributed by atoms with Gasteiger partial charge in [-0.1, -0.05) is 6.92 Å². The number of ether oxygens (including phenoxy) is 1. The van der Waals surface area contributed by atoms with Crippen LogP contribution in [0, 0.1) is 11.8 Å². The van der Waals surface area contributed by atoms with Crippen molar-refractivity contribution in [1.29, 1.82) is 0 Å². The number of rotatable bonds is 2. The molecule has 0 aromatic rings. The van der Waals surface area contributed by atoms with Gasteiger partial charge in [0, 0.05) is 6.04 Å². The minimum atomic E-state index is -0.0399. The molecule has 0 amide bonds. The predicted octanol–water partition coefficient (Wildman–Crippen LogP) is 1.31. The van der Waals surface area contributed by atoms with Crippen molar-refractivity contribution in [1.82, 2.24) is 0 Å². The van der Waals surface area contributed by atoms with Gasteiger partial charge in [-0.05, 0) is 32.1 Å². The Bertz CT molecular complexity index is 182. The molecule has 0 spiro atoms. The topological polar surface area (TPSA) is 52.3 Å². The third-order valence-corrected chi connectivity index (χ3v) is 2.80. The molecule has 3 nitrogen and oxygen atoms in total. The smallest absolute Gasteiger partial charge is 0.309 e. The van der Waals surface area contributed by atoms with E-state index < -0.39 is 0 Å². The Kier molecular flexibility index (Phi) is 3.72. The van der Waals surface area contributed by atoms with Crippen LogP contribution in [-0.4, -0.2) is 18.6 Å². The summed E-state index contributed by atoms with van der Waals surface area (Å²) in [6.07, 6.45) is 2.79. The first-order valence-electron chi connectivity index (χ1n) is 5.07. The standard InChI is InChI=1S/C10H19NO2/c1-3-13-10(12)9-5-4-8(11)6-7(9)2/h7-9H,3-6,11H2,1-2H3/t7-,8?,9-/m0/s1. The van der Waals surface area contributed by atoms with Crippen LogP contribution in [-0.2, 0) is 9.53 Å². The molecule has 3 atom stereocenters. The lowest BCUT2D eigenvalue weighted by molar-refractivity contribution is -0.151. The Hall–Kier alpha value is -0.570. The molecule has 1 aliphatic rings. The van der Waals surface area contributed by atoms with Gasteiger partial charge in [-0.15, -0.1) is 0 Å². The van der Waals surface area contributed by atoms with Crippen molar-refractivity contribution in [2.45, 2.75) is 39.2 Å². The maximum atomic E-state index is 11.5. The molecule has 1 fully saturated rings. The van der Waals surface area contributed by atoms with Gasteiger partial charge < -0.3 is 10.5 Å². The van der Waals surface area contributed by atoms with E-state index in [1.165, 1.54) is 0 Å². The normalized spacial score (nSPS) is 34.2. The number of nitrogens with two attached hydrogens (primary N) is 1. The van der Waals surface area contributed by atoms with Gasteiger partial charge in [0.05, 0.1) is 12.5 Å². The van der Waals surface area contributed by atoms with Crippen molar-refractivity contribution in [3.8, 4) is 0 Å². The van der Waals surface area contributed by atoms with Gasteiger partial charge in [0.1, 0.15) is 0 Å². The molecule has 0 aromatic heterocycles. The van der Waals surface area contributed by atoms with E-state index in [4.69, 9.17) is 10.5 Å². The third-order valence-electron chi connectivity index (χ3n) is 2.80. The highest BCUT2D eigenvalue weighted by Gasteiger charge is 2.31. The SMILES string of the molecule is CCOC(=O)[C@H]1CCC(N)C[C@@H]1C. The highest BCUT2D eigenvalue weighted by atomic mass is 16.5. The average Bonchev–Trinajstić information content (AvgIpc) is 2.04. The molecule has 13 heavy (non-hydrogen) atoms. The molecule has 1 aliphatic carbocycles. The third kappa shape index (κ3) is 2.69. The summed E-state index contributed by atoms with van der Waals surface area (Å²) < 4.78 is 5.01. The van der Waals surface area contributed by atoms with Gasteiger partial charge in [0.25, 0.3) is 0 Å². The van der Waals surface area contributed by atoms with Crippen molar-refractivity contribution in [3.05, 3.63) is 0 Å². The van der Waals surface area contributed by atoms with Gasteiger partial charge >= 0.3 is 5.97 Å². The van der Waals surface area contributed by atoms with Crippen molar-refractivity contribution >= 4 is 5.97 Å². The van der Waals surface area contributed by atoms with Gasteiger partial charge in [-0.3, -0.25) is 4.79 Å². The molecule has 0 saturated heterocycles. The van der Waals surface area contributed by atoms with E-state index in [0.29, 0.717) is 12.5 Å². The Morgan fingerprint density at radius 1 is 1.54 bits per heavy atom. The molecule has 0 aromatic carbocycles. The monoisotopic (exact) mass is 185 g/mol. The van der Waals surface area contributed by atoms with Gasteiger partial charge in [0.2, 0.25) is 0 Å². The Balaban J connectivity index is 2.45. The maximum absolute atomic E-state index is 11.5. The first kappa shape index (κ1) is 10.5. The predicted molar refractivity (Wildman–Crippen MR) is 51.1 cm³/mol. The van der Waals surface area contributed by atoms with Crippen molar-refractivity contribution in [2.75, 3.05) is 6.61 Å². The van der Waals surface area contributed by atoms with Gasteiger partial charge in [0.15, 0.2) is 0 Å². The Morgan fingerprint density at radius 3 is 2.77 bits per heavy atom. The maximum Gasteiger partial charge on any atom is 0.309 e. The Labute approximate surface area is 79.6 Å². The van der Waals surface area contributed by atoms with E-state index in [2.05, 4.69) is 6.92 Å². The lowest BCUT2D eigenvalue weighted by Crippen LogP contribution is -2.36. The summed E-state index contributed by atoms with van der Waals surface area (Å²) in [5.41, 5.74) is 5.81. The molecular weight excluding hydrogens is 166 g/mol. The van der Waals surface area contributed by atoms with E-state index in [9.17, 15) is 4.79 Å². The molecule has 1 saturated carbocycles. The molecule has 2 N–H and O–H groups in total. The minimum Gasteiger partial charge on any atom is -0.466 e. The summed E-state index contributed by atoms with van der Waals surface area (Å²) in [6, 6.07) is 0.278. The summed E-state index contributed by atoms with van der Waals surface area (Å²) in [5, 5.41) is 0. The highest BCUT2D eigenvalue weighted by molar-refractivity contribution is 5.72. The van der Waals surface area contributed by atoms with Crippen LogP contribution in [0.25, 0.3) is 0 Å². The summed E-state index contributed by atoms with van der Waals surface area (Å²) in [7, 11) is 0. The van der Waals surface area contributed by atoms with E-state index in [1.54, 1.807) is 0 Å². The van der Waals surface area contributed by atoms with Crippen molar-refractivity contribution in [2.24, 2.45) is 17.6 Å². The van der Waals surface area contributed by atoms with E-state index in [-0.39, 0.29) is 17.9 Å².